The van der Waals surface area contributed by atoms with Crippen molar-refractivity contribution < 1.29 is 23.8 Å². The number of ether oxygens (including phenoxy) is 3. The molecule has 1 saturated heterocycles. The third-order valence-electron chi connectivity index (χ3n) is 4.63. The summed E-state index contributed by atoms with van der Waals surface area (Å²) in [6, 6.07) is 4.74. The molecule has 0 N–H and O–H groups in total. The fourth-order valence-corrected chi connectivity index (χ4v) is 4.38. The second kappa shape index (κ2) is 9.38. The van der Waals surface area contributed by atoms with Gasteiger partial charge in [0.2, 0.25) is 5.91 Å². The van der Waals surface area contributed by atoms with Crippen molar-refractivity contribution in [1.82, 2.24) is 4.90 Å². The standard InChI is InChI=1S/C22H26N2O5S/c1-6-10-28-16-8-7-15(12-17(16)27-5)20-19(21(26)29-13(2)3)14(4)23-22-24(20)18(25)9-11-30-22/h6-8,12-13,20H,1,9-11H2,2-5H3. The monoisotopic (exact) mass is 430 g/mol. The summed E-state index contributed by atoms with van der Waals surface area (Å²) in [7, 11) is 1.55. The number of fused-ring (bicyclic) bond motifs is 1. The maximum Gasteiger partial charge on any atom is 0.338 e. The maximum absolute atomic E-state index is 13.0. The Hall–Kier alpha value is -2.74. The summed E-state index contributed by atoms with van der Waals surface area (Å²) in [4.78, 5) is 32.0. The van der Waals surface area contributed by atoms with Crippen molar-refractivity contribution in [3.63, 3.8) is 0 Å². The molecule has 2 aliphatic heterocycles. The van der Waals surface area contributed by atoms with Crippen molar-refractivity contribution >= 4 is 28.8 Å². The predicted octanol–water partition coefficient (Wildman–Crippen LogP) is 3.86. The number of carbonyl (C=O) groups excluding carboxylic acids is 2. The summed E-state index contributed by atoms with van der Waals surface area (Å²) < 4.78 is 16.6. The van der Waals surface area contributed by atoms with Gasteiger partial charge in [-0.3, -0.25) is 9.69 Å². The molecule has 1 unspecified atom stereocenters. The van der Waals surface area contributed by atoms with Gasteiger partial charge in [0.1, 0.15) is 6.61 Å². The van der Waals surface area contributed by atoms with Gasteiger partial charge in [-0.2, -0.15) is 0 Å². The zero-order valence-corrected chi connectivity index (χ0v) is 18.5. The van der Waals surface area contributed by atoms with Gasteiger partial charge in [-0.25, -0.2) is 9.79 Å². The van der Waals surface area contributed by atoms with E-state index in [1.807, 2.05) is 6.07 Å². The number of nitrogens with zero attached hydrogens (tertiary/aromatic N) is 2. The summed E-state index contributed by atoms with van der Waals surface area (Å²) in [5, 5.41) is 0.598. The highest BCUT2D eigenvalue weighted by molar-refractivity contribution is 8.14. The van der Waals surface area contributed by atoms with Gasteiger partial charge in [0.15, 0.2) is 16.7 Å². The molecule has 2 heterocycles. The highest BCUT2D eigenvalue weighted by Crippen LogP contribution is 2.42. The number of hydrogen-bond donors (Lipinski definition) is 0. The molecule has 2 aliphatic rings. The molecule has 0 aliphatic carbocycles. The van der Waals surface area contributed by atoms with Crippen LogP contribution >= 0.6 is 11.8 Å². The van der Waals surface area contributed by atoms with Crippen LogP contribution in [0, 0.1) is 0 Å². The topological polar surface area (TPSA) is 77.4 Å². The molecule has 0 radical (unpaired) electrons. The van der Waals surface area contributed by atoms with Gasteiger partial charge in [0.25, 0.3) is 0 Å². The molecule has 8 heteroatoms. The average molecular weight is 431 g/mol. The lowest BCUT2D eigenvalue weighted by atomic mass is 9.93. The number of esters is 1. The van der Waals surface area contributed by atoms with Crippen LogP contribution in [0.3, 0.4) is 0 Å². The molecule has 1 aromatic rings. The number of hydrogen-bond acceptors (Lipinski definition) is 7. The van der Waals surface area contributed by atoms with Crippen molar-refractivity contribution in [2.45, 2.75) is 39.3 Å². The van der Waals surface area contributed by atoms with Gasteiger partial charge in [0.05, 0.1) is 30.5 Å². The van der Waals surface area contributed by atoms with E-state index in [1.165, 1.54) is 11.8 Å². The molecular formula is C22H26N2O5S. The molecular weight excluding hydrogens is 404 g/mol. The van der Waals surface area contributed by atoms with Crippen LogP contribution in [0.25, 0.3) is 0 Å². The van der Waals surface area contributed by atoms with E-state index in [1.54, 1.807) is 51.0 Å². The van der Waals surface area contributed by atoms with Crippen LogP contribution < -0.4 is 9.47 Å². The summed E-state index contributed by atoms with van der Waals surface area (Å²) in [6.07, 6.45) is 1.73. The van der Waals surface area contributed by atoms with Crippen LogP contribution in [0.1, 0.15) is 38.8 Å². The zero-order valence-electron chi connectivity index (χ0n) is 17.6. The number of carbonyl (C=O) groups is 2. The highest BCUT2D eigenvalue weighted by Gasteiger charge is 2.42. The second-order valence-corrected chi connectivity index (χ2v) is 8.18. The molecule has 30 heavy (non-hydrogen) atoms. The third-order valence-corrected chi connectivity index (χ3v) is 5.58. The summed E-state index contributed by atoms with van der Waals surface area (Å²) >= 11 is 1.51. The average Bonchev–Trinajstić information content (AvgIpc) is 2.70. The van der Waals surface area contributed by atoms with Crippen LogP contribution in [0.15, 0.2) is 47.1 Å². The molecule has 160 valence electrons. The van der Waals surface area contributed by atoms with Crippen molar-refractivity contribution in [1.29, 1.82) is 0 Å². The Morgan fingerprint density at radius 3 is 2.83 bits per heavy atom. The second-order valence-electron chi connectivity index (χ2n) is 7.12. The van der Waals surface area contributed by atoms with Crippen LogP contribution in [-0.4, -0.2) is 47.5 Å². The van der Waals surface area contributed by atoms with Crippen molar-refractivity contribution in [3.8, 4) is 11.5 Å². The fraction of sp³-hybridized carbons (Fsp3) is 0.409. The number of amidine groups is 1. The molecule has 3 rings (SSSR count). The molecule has 0 bridgehead atoms. The lowest BCUT2D eigenvalue weighted by Crippen LogP contribution is -2.46. The summed E-state index contributed by atoms with van der Waals surface area (Å²) in [5.41, 5.74) is 1.62. The summed E-state index contributed by atoms with van der Waals surface area (Å²) in [5.74, 6) is 1.16. The Morgan fingerprint density at radius 2 is 2.17 bits per heavy atom. The Bertz CT molecular complexity index is 922. The molecule has 1 aromatic carbocycles. The van der Waals surface area contributed by atoms with E-state index in [0.29, 0.717) is 46.7 Å². The number of rotatable bonds is 7. The fourth-order valence-electron chi connectivity index (χ4n) is 3.37. The Morgan fingerprint density at radius 1 is 1.40 bits per heavy atom. The van der Waals surface area contributed by atoms with E-state index < -0.39 is 12.0 Å². The first-order valence-electron chi connectivity index (χ1n) is 9.74. The molecule has 0 saturated carbocycles. The lowest BCUT2D eigenvalue weighted by molar-refractivity contribution is -0.143. The molecule has 7 nitrogen and oxygen atoms in total. The zero-order chi connectivity index (χ0) is 21.8. The van der Waals surface area contributed by atoms with Crippen molar-refractivity contribution in [3.05, 3.63) is 47.7 Å². The highest BCUT2D eigenvalue weighted by atomic mass is 32.2. The molecule has 0 spiro atoms. The van der Waals surface area contributed by atoms with Crippen LogP contribution in [0.5, 0.6) is 11.5 Å². The van der Waals surface area contributed by atoms with E-state index in [9.17, 15) is 9.59 Å². The number of allylic oxidation sites excluding steroid dienone is 1. The normalized spacial score (nSPS) is 18.7. The molecule has 1 atom stereocenters. The van der Waals surface area contributed by atoms with Gasteiger partial charge in [-0.15, -0.1) is 0 Å². The first kappa shape index (κ1) is 22.0. The Labute approximate surface area is 180 Å². The summed E-state index contributed by atoms with van der Waals surface area (Å²) in [6.45, 7) is 9.34. The van der Waals surface area contributed by atoms with E-state index in [4.69, 9.17) is 14.2 Å². The van der Waals surface area contributed by atoms with E-state index in [2.05, 4.69) is 11.6 Å². The molecule has 1 amide bonds. The first-order valence-corrected chi connectivity index (χ1v) is 10.7. The lowest BCUT2D eigenvalue weighted by Gasteiger charge is -2.39. The van der Waals surface area contributed by atoms with Crippen LogP contribution in [-0.2, 0) is 14.3 Å². The van der Waals surface area contributed by atoms with Gasteiger partial charge in [-0.05, 0) is 38.5 Å². The third kappa shape index (κ3) is 4.38. The van der Waals surface area contributed by atoms with Crippen molar-refractivity contribution in [2.24, 2.45) is 4.99 Å². The first-order chi connectivity index (χ1) is 14.4. The minimum atomic E-state index is -0.647. The predicted molar refractivity (Wildman–Crippen MR) is 117 cm³/mol. The maximum atomic E-state index is 13.0. The van der Waals surface area contributed by atoms with E-state index >= 15 is 0 Å². The quantitative estimate of drug-likeness (QED) is 0.483. The number of methoxy groups -OCH3 is 1. The van der Waals surface area contributed by atoms with Crippen LogP contribution in [0.2, 0.25) is 0 Å². The van der Waals surface area contributed by atoms with Gasteiger partial charge < -0.3 is 14.2 Å². The number of aliphatic imine (C=N–C) groups is 1. The van der Waals surface area contributed by atoms with Gasteiger partial charge >= 0.3 is 5.97 Å². The number of benzene rings is 1. The Balaban J connectivity index is 2.12. The van der Waals surface area contributed by atoms with Gasteiger partial charge in [0, 0.05) is 12.2 Å². The minimum Gasteiger partial charge on any atom is -0.493 e. The van der Waals surface area contributed by atoms with Crippen LogP contribution in [0.4, 0.5) is 0 Å². The number of thioether (sulfide) groups is 1. The number of amides is 1. The SMILES string of the molecule is C=CCOc1ccc(C2C(C(=O)OC(C)C)=C(C)N=C3SCCC(=O)N32)cc1OC. The van der Waals surface area contributed by atoms with Gasteiger partial charge in [-0.1, -0.05) is 30.5 Å². The largest absolute Gasteiger partial charge is 0.493 e. The smallest absolute Gasteiger partial charge is 0.338 e. The Kier molecular flexibility index (Phi) is 6.87. The van der Waals surface area contributed by atoms with Crippen molar-refractivity contribution in [2.75, 3.05) is 19.5 Å². The van der Waals surface area contributed by atoms with E-state index in [0.717, 1.165) is 5.56 Å². The van der Waals surface area contributed by atoms with E-state index in [-0.39, 0.29) is 12.0 Å². The minimum absolute atomic E-state index is 0.0780. The molecule has 1 fully saturated rings. The molecule has 0 aromatic heterocycles.